The molecule has 2 aromatic carbocycles. The van der Waals surface area contributed by atoms with Crippen LogP contribution < -0.4 is 16.4 Å². The van der Waals surface area contributed by atoms with Crippen LogP contribution in [0.5, 0.6) is 0 Å². The Hall–Kier alpha value is -2.79. The SMILES string of the molecule is Nc1ccccc1NC(=O)C=CCCCNC(=O)c1cccc(Cl)c1. The maximum absolute atomic E-state index is 11.9. The van der Waals surface area contributed by atoms with Gasteiger partial charge in [-0.15, -0.1) is 0 Å². The lowest BCUT2D eigenvalue weighted by molar-refractivity contribution is -0.111. The number of halogens is 1. The van der Waals surface area contributed by atoms with Crippen molar-refractivity contribution in [3.05, 3.63) is 71.3 Å². The molecule has 2 amide bonds. The predicted octanol–water partition coefficient (Wildman–Crippen LogP) is 3.63. The second-order valence-corrected chi connectivity index (χ2v) is 5.82. The molecule has 0 aliphatic rings. The molecule has 0 aliphatic carbocycles. The van der Waals surface area contributed by atoms with Gasteiger partial charge in [0.25, 0.3) is 5.91 Å². The van der Waals surface area contributed by atoms with Crippen LogP contribution in [-0.2, 0) is 4.79 Å². The van der Waals surface area contributed by atoms with Gasteiger partial charge >= 0.3 is 0 Å². The molecular weight excluding hydrogens is 338 g/mol. The number of hydrogen-bond acceptors (Lipinski definition) is 3. The van der Waals surface area contributed by atoms with E-state index in [1.54, 1.807) is 54.6 Å². The summed E-state index contributed by atoms with van der Waals surface area (Å²) in [6, 6.07) is 13.9. The number of amides is 2. The van der Waals surface area contributed by atoms with E-state index in [0.717, 1.165) is 6.42 Å². The lowest BCUT2D eigenvalue weighted by atomic mass is 10.2. The number of nitrogens with two attached hydrogens (primary N) is 1. The lowest BCUT2D eigenvalue weighted by Crippen LogP contribution is -2.24. The van der Waals surface area contributed by atoms with E-state index in [9.17, 15) is 9.59 Å². The molecule has 0 saturated heterocycles. The highest BCUT2D eigenvalue weighted by Gasteiger charge is 2.04. The van der Waals surface area contributed by atoms with Crippen molar-refractivity contribution in [1.82, 2.24) is 5.32 Å². The molecule has 2 rings (SSSR count). The van der Waals surface area contributed by atoms with Gasteiger partial charge in [-0.3, -0.25) is 9.59 Å². The minimum absolute atomic E-state index is 0.163. The standard InChI is InChI=1S/C19H20ClN3O2/c20-15-8-6-7-14(13-15)19(25)22-12-5-1-2-11-18(24)23-17-10-4-3-9-16(17)21/h2-4,6-11,13H,1,5,12,21H2,(H,22,25)(H,23,24). The number of carbonyl (C=O) groups is 2. The van der Waals surface area contributed by atoms with E-state index in [4.69, 9.17) is 17.3 Å². The average molecular weight is 358 g/mol. The number of nitrogens with one attached hydrogen (secondary N) is 2. The molecule has 6 heteroatoms. The summed E-state index contributed by atoms with van der Waals surface area (Å²) in [5, 5.41) is 6.05. The van der Waals surface area contributed by atoms with Crippen molar-refractivity contribution in [3.8, 4) is 0 Å². The van der Waals surface area contributed by atoms with Crippen molar-refractivity contribution in [2.24, 2.45) is 0 Å². The third-order valence-corrected chi connectivity index (χ3v) is 3.64. The third kappa shape index (κ3) is 6.31. The van der Waals surface area contributed by atoms with Crippen LogP contribution in [0.1, 0.15) is 23.2 Å². The van der Waals surface area contributed by atoms with E-state index in [2.05, 4.69) is 10.6 Å². The number of anilines is 2. The number of unbranched alkanes of at least 4 members (excludes halogenated alkanes) is 1. The summed E-state index contributed by atoms with van der Waals surface area (Å²) < 4.78 is 0. The first-order valence-corrected chi connectivity index (χ1v) is 8.30. The van der Waals surface area contributed by atoms with Crippen LogP contribution in [-0.4, -0.2) is 18.4 Å². The van der Waals surface area contributed by atoms with Crippen LogP contribution in [0.2, 0.25) is 5.02 Å². The minimum Gasteiger partial charge on any atom is -0.397 e. The van der Waals surface area contributed by atoms with Gasteiger partial charge in [0.05, 0.1) is 11.4 Å². The first-order chi connectivity index (χ1) is 12.1. The van der Waals surface area contributed by atoms with Crippen LogP contribution in [0.4, 0.5) is 11.4 Å². The Labute approximate surface area is 151 Å². The normalized spacial score (nSPS) is 10.6. The molecule has 5 nitrogen and oxygen atoms in total. The summed E-state index contributed by atoms with van der Waals surface area (Å²) in [6.45, 7) is 0.517. The Bertz CT molecular complexity index is 775. The van der Waals surface area contributed by atoms with Crippen molar-refractivity contribution in [1.29, 1.82) is 0 Å². The fraction of sp³-hybridized carbons (Fsp3) is 0.158. The molecule has 0 radical (unpaired) electrons. The maximum atomic E-state index is 11.9. The van der Waals surface area contributed by atoms with Crippen molar-refractivity contribution in [2.75, 3.05) is 17.6 Å². The Morgan fingerprint density at radius 2 is 1.92 bits per heavy atom. The zero-order valence-corrected chi connectivity index (χ0v) is 14.4. The lowest BCUT2D eigenvalue weighted by Gasteiger charge is -2.05. The molecule has 25 heavy (non-hydrogen) atoms. The Balaban J connectivity index is 1.67. The highest BCUT2D eigenvalue weighted by Crippen LogP contribution is 2.16. The Morgan fingerprint density at radius 3 is 2.68 bits per heavy atom. The molecule has 2 aromatic rings. The summed E-state index contributed by atoms with van der Waals surface area (Å²) in [4.78, 5) is 23.7. The Morgan fingerprint density at radius 1 is 1.12 bits per heavy atom. The average Bonchev–Trinajstić information content (AvgIpc) is 2.60. The van der Waals surface area contributed by atoms with Gasteiger partial charge in [-0.25, -0.2) is 0 Å². The third-order valence-electron chi connectivity index (χ3n) is 3.41. The molecule has 4 N–H and O–H groups in total. The molecule has 0 unspecified atom stereocenters. The van der Waals surface area contributed by atoms with E-state index in [1.165, 1.54) is 6.08 Å². The van der Waals surface area contributed by atoms with Gasteiger partial charge in [0, 0.05) is 17.1 Å². The van der Waals surface area contributed by atoms with Gasteiger partial charge in [-0.2, -0.15) is 0 Å². The summed E-state index contributed by atoms with van der Waals surface area (Å²) in [5.41, 5.74) is 7.40. The molecule has 0 aliphatic heterocycles. The fourth-order valence-corrected chi connectivity index (χ4v) is 2.32. The zero-order valence-electron chi connectivity index (χ0n) is 13.7. The second-order valence-electron chi connectivity index (χ2n) is 5.39. The maximum Gasteiger partial charge on any atom is 0.251 e. The zero-order chi connectivity index (χ0) is 18.1. The molecule has 130 valence electrons. The summed E-state index contributed by atoms with van der Waals surface area (Å²) in [5.74, 6) is -0.398. The minimum atomic E-state index is -0.235. The van der Waals surface area contributed by atoms with E-state index in [1.807, 2.05) is 0 Å². The van der Waals surface area contributed by atoms with Gasteiger partial charge < -0.3 is 16.4 Å². The van der Waals surface area contributed by atoms with E-state index in [0.29, 0.717) is 34.9 Å². The highest BCUT2D eigenvalue weighted by atomic mass is 35.5. The topological polar surface area (TPSA) is 84.2 Å². The second kappa shape index (κ2) is 9.49. The van der Waals surface area contributed by atoms with Crippen LogP contribution >= 0.6 is 11.6 Å². The smallest absolute Gasteiger partial charge is 0.251 e. The number of carbonyl (C=O) groups excluding carboxylic acids is 2. The fourth-order valence-electron chi connectivity index (χ4n) is 2.13. The summed E-state index contributed by atoms with van der Waals surface area (Å²) in [6.07, 6.45) is 4.63. The molecule has 0 heterocycles. The number of benzene rings is 2. The Kier molecular flexibility index (Phi) is 7.04. The number of nitrogen functional groups attached to an aromatic ring is 1. The first kappa shape index (κ1) is 18.5. The molecule has 0 aromatic heterocycles. The van der Waals surface area contributed by atoms with Crippen LogP contribution in [0, 0.1) is 0 Å². The van der Waals surface area contributed by atoms with Gasteiger partial charge in [-0.1, -0.05) is 35.9 Å². The first-order valence-electron chi connectivity index (χ1n) is 7.92. The monoisotopic (exact) mass is 357 g/mol. The van der Waals surface area contributed by atoms with Gasteiger partial charge in [0.15, 0.2) is 0 Å². The quantitative estimate of drug-likeness (QED) is 0.402. The van der Waals surface area contributed by atoms with Crippen molar-refractivity contribution >= 4 is 34.8 Å². The summed E-state index contributed by atoms with van der Waals surface area (Å²) in [7, 11) is 0. The predicted molar refractivity (Wildman–Crippen MR) is 102 cm³/mol. The van der Waals surface area contributed by atoms with Crippen molar-refractivity contribution in [3.63, 3.8) is 0 Å². The molecule has 0 saturated carbocycles. The molecule has 0 bridgehead atoms. The number of rotatable bonds is 7. The van der Waals surface area contributed by atoms with Crippen LogP contribution in [0.3, 0.4) is 0 Å². The van der Waals surface area contributed by atoms with E-state index in [-0.39, 0.29) is 11.8 Å². The van der Waals surface area contributed by atoms with Gasteiger partial charge in [0.2, 0.25) is 5.91 Å². The van der Waals surface area contributed by atoms with Crippen LogP contribution in [0.15, 0.2) is 60.7 Å². The molecular formula is C19H20ClN3O2. The molecule has 0 atom stereocenters. The number of hydrogen-bond donors (Lipinski definition) is 3. The highest BCUT2D eigenvalue weighted by molar-refractivity contribution is 6.30. The van der Waals surface area contributed by atoms with E-state index >= 15 is 0 Å². The van der Waals surface area contributed by atoms with Crippen molar-refractivity contribution in [2.45, 2.75) is 12.8 Å². The molecule has 0 fully saturated rings. The molecule has 0 spiro atoms. The number of allylic oxidation sites excluding steroid dienone is 1. The van der Waals surface area contributed by atoms with Crippen LogP contribution in [0.25, 0.3) is 0 Å². The van der Waals surface area contributed by atoms with Crippen molar-refractivity contribution < 1.29 is 9.59 Å². The van der Waals surface area contributed by atoms with E-state index < -0.39 is 0 Å². The summed E-state index contributed by atoms with van der Waals surface area (Å²) >= 11 is 5.85. The van der Waals surface area contributed by atoms with Gasteiger partial charge in [0.1, 0.15) is 0 Å². The van der Waals surface area contributed by atoms with Gasteiger partial charge in [-0.05, 0) is 49.2 Å². The largest absolute Gasteiger partial charge is 0.397 e. The number of para-hydroxylation sites is 2.